The highest BCUT2D eigenvalue weighted by Crippen LogP contribution is 3.02. The van der Waals surface area contributed by atoms with E-state index in [9.17, 15) is 24.2 Å². The number of nitrogens with zero attached hydrogens (tertiary/aromatic N) is 3. The minimum atomic E-state index is -9.92. The number of carbonyl (C=O) groups is 1. The standard InChI is InChI=1S/C24H27F6N5O2S/c25-18-13-32-23-21(33-22(34-23)15-2-1-10-37-11-7-15)20(18)14-5-8-35(9-6-14)24(36)17-4-3-16(12-19(17)31)38(26,27,28,29)30/h3-4,12-15H,1-2,5-11,31H2,(H,32,33,34)/t15-/m1/s1. The molecule has 5 rings (SSSR count). The number of aromatic nitrogens is 3. The van der Waals surface area contributed by atoms with Gasteiger partial charge in [-0.1, -0.05) is 19.4 Å². The molecule has 3 N–H and O–H groups in total. The summed E-state index contributed by atoms with van der Waals surface area (Å²) < 4.78 is 86.0. The van der Waals surface area contributed by atoms with Gasteiger partial charge < -0.3 is 20.4 Å². The smallest absolute Gasteiger partial charge is 0.310 e. The quantitative estimate of drug-likeness (QED) is 0.274. The summed E-state index contributed by atoms with van der Waals surface area (Å²) in [4.78, 5) is 24.2. The van der Waals surface area contributed by atoms with Crippen LogP contribution in [0.5, 0.6) is 0 Å². The molecule has 7 nitrogen and oxygen atoms in total. The zero-order valence-corrected chi connectivity index (χ0v) is 21.1. The van der Waals surface area contributed by atoms with Gasteiger partial charge in [-0.05, 0) is 56.2 Å². The van der Waals surface area contributed by atoms with E-state index in [1.807, 2.05) is 0 Å². The maximum absolute atomic E-state index is 15.0. The third-order valence-electron chi connectivity index (χ3n) is 7.26. The van der Waals surface area contributed by atoms with Crippen molar-refractivity contribution in [2.24, 2.45) is 0 Å². The lowest BCUT2D eigenvalue weighted by Gasteiger charge is -2.40. The Bertz CT molecular complexity index is 1380. The van der Waals surface area contributed by atoms with Crippen molar-refractivity contribution in [3.8, 4) is 0 Å². The fourth-order valence-corrected chi connectivity index (χ4v) is 5.93. The van der Waals surface area contributed by atoms with Crippen molar-refractivity contribution in [1.29, 1.82) is 0 Å². The number of nitrogens with two attached hydrogens (primary N) is 1. The van der Waals surface area contributed by atoms with E-state index < -0.39 is 32.5 Å². The van der Waals surface area contributed by atoms with E-state index >= 15 is 4.39 Å². The molecule has 38 heavy (non-hydrogen) atoms. The molecule has 2 fully saturated rings. The Kier molecular flexibility index (Phi) is 6.13. The number of H-pyrrole nitrogens is 1. The van der Waals surface area contributed by atoms with Gasteiger partial charge in [0.15, 0.2) is 5.65 Å². The van der Waals surface area contributed by atoms with Crippen LogP contribution >= 0.6 is 10.2 Å². The monoisotopic (exact) mass is 563 g/mol. The van der Waals surface area contributed by atoms with E-state index in [-0.39, 0.29) is 42.6 Å². The molecule has 2 aliphatic heterocycles. The summed E-state index contributed by atoms with van der Waals surface area (Å²) >= 11 is 0. The van der Waals surface area contributed by atoms with Crippen molar-refractivity contribution in [3.63, 3.8) is 0 Å². The van der Waals surface area contributed by atoms with Crippen LogP contribution in [0, 0.1) is 5.82 Å². The fraction of sp³-hybridized carbons (Fsp3) is 0.458. The number of nitrogen functional groups attached to an aromatic ring is 1. The Morgan fingerprint density at radius 3 is 2.47 bits per heavy atom. The van der Waals surface area contributed by atoms with Crippen LogP contribution in [0.25, 0.3) is 11.2 Å². The molecule has 2 aromatic heterocycles. The van der Waals surface area contributed by atoms with E-state index in [1.165, 1.54) is 4.90 Å². The number of amides is 1. The molecule has 1 atom stereocenters. The second-order valence-corrected chi connectivity index (χ2v) is 12.3. The summed E-state index contributed by atoms with van der Waals surface area (Å²) in [6.07, 6.45) is 4.47. The van der Waals surface area contributed by atoms with Gasteiger partial charge in [-0.25, -0.2) is 14.4 Å². The van der Waals surface area contributed by atoms with E-state index in [0.717, 1.165) is 31.3 Å². The third-order valence-corrected chi connectivity index (χ3v) is 8.40. The first-order chi connectivity index (χ1) is 17.7. The fourth-order valence-electron chi connectivity index (χ4n) is 5.26. The van der Waals surface area contributed by atoms with E-state index in [2.05, 4.69) is 15.0 Å². The van der Waals surface area contributed by atoms with E-state index in [1.54, 1.807) is 0 Å². The molecular formula is C24H27F6N5O2S. The lowest BCUT2D eigenvalue weighted by molar-refractivity contribution is 0.0713. The van der Waals surface area contributed by atoms with Crippen LogP contribution in [0.2, 0.25) is 0 Å². The Hall–Kier alpha value is -3.00. The van der Waals surface area contributed by atoms with Gasteiger partial charge >= 0.3 is 10.2 Å². The predicted octanol–water partition coefficient (Wildman–Crippen LogP) is 6.64. The third kappa shape index (κ3) is 5.28. The van der Waals surface area contributed by atoms with Crippen LogP contribution in [0.1, 0.15) is 65.7 Å². The second kappa shape index (κ2) is 8.76. The molecule has 0 saturated carbocycles. The first-order valence-electron chi connectivity index (χ1n) is 12.3. The minimum absolute atomic E-state index is 0.0981. The number of benzene rings is 1. The molecule has 0 radical (unpaired) electrons. The van der Waals surface area contributed by atoms with Gasteiger partial charge in [0.2, 0.25) is 0 Å². The van der Waals surface area contributed by atoms with Gasteiger partial charge in [-0.15, -0.1) is 0 Å². The average Bonchev–Trinajstić information content (AvgIpc) is 3.08. The molecular weight excluding hydrogens is 536 g/mol. The normalized spacial score (nSPS) is 21.6. The molecule has 208 valence electrons. The number of piperidine rings is 1. The number of fused-ring (bicyclic) bond motifs is 1. The molecule has 0 bridgehead atoms. The van der Waals surface area contributed by atoms with Crippen LogP contribution < -0.4 is 5.73 Å². The summed E-state index contributed by atoms with van der Waals surface area (Å²) in [7, 11) is -9.92. The first kappa shape index (κ1) is 26.6. The molecule has 0 unspecified atom stereocenters. The molecule has 1 aromatic carbocycles. The lowest BCUT2D eigenvalue weighted by Crippen LogP contribution is -2.38. The van der Waals surface area contributed by atoms with Crippen LogP contribution in [0.3, 0.4) is 0 Å². The molecule has 2 saturated heterocycles. The highest BCUT2D eigenvalue weighted by Gasteiger charge is 2.65. The highest BCUT2D eigenvalue weighted by molar-refractivity contribution is 8.45. The van der Waals surface area contributed by atoms with Gasteiger partial charge in [0, 0.05) is 43.5 Å². The van der Waals surface area contributed by atoms with Gasteiger partial charge in [-0.2, -0.15) is 0 Å². The number of hydrogen-bond donors (Lipinski definition) is 2. The van der Waals surface area contributed by atoms with Gasteiger partial charge in [0.1, 0.15) is 16.5 Å². The number of carbonyl (C=O) groups excluding carboxylic acids is 1. The Balaban J connectivity index is 1.33. The van der Waals surface area contributed by atoms with Crippen LogP contribution in [0.15, 0.2) is 29.3 Å². The number of nitrogens with one attached hydrogen (secondary N) is 1. The highest BCUT2D eigenvalue weighted by atomic mass is 32.5. The summed E-state index contributed by atoms with van der Waals surface area (Å²) in [5.41, 5.74) is 5.97. The van der Waals surface area contributed by atoms with Crippen molar-refractivity contribution in [3.05, 3.63) is 47.2 Å². The molecule has 14 heteroatoms. The molecule has 4 heterocycles. The summed E-state index contributed by atoms with van der Waals surface area (Å²) in [6, 6.07) is 0.950. The number of anilines is 1. The number of aromatic amines is 1. The number of likely N-dealkylation sites (tertiary alicyclic amines) is 1. The maximum Gasteiger partial charge on any atom is 0.310 e. The van der Waals surface area contributed by atoms with Crippen molar-refractivity contribution in [2.45, 2.75) is 48.8 Å². The molecule has 2 aliphatic rings. The van der Waals surface area contributed by atoms with Crippen LogP contribution in [-0.2, 0) is 4.74 Å². The van der Waals surface area contributed by atoms with Gasteiger partial charge in [0.05, 0.1) is 17.3 Å². The van der Waals surface area contributed by atoms with Crippen LogP contribution in [0.4, 0.5) is 29.5 Å². The number of imidazole rings is 1. The zero-order chi connectivity index (χ0) is 27.4. The van der Waals surface area contributed by atoms with Crippen molar-refractivity contribution < 1.29 is 33.4 Å². The molecule has 3 aromatic rings. The molecule has 0 spiro atoms. The lowest BCUT2D eigenvalue weighted by atomic mass is 9.88. The average molecular weight is 564 g/mol. The second-order valence-electron chi connectivity index (χ2n) is 9.87. The number of rotatable bonds is 4. The van der Waals surface area contributed by atoms with Gasteiger partial charge in [-0.3, -0.25) is 4.79 Å². The topological polar surface area (TPSA) is 97.1 Å². The van der Waals surface area contributed by atoms with Crippen molar-refractivity contribution in [1.82, 2.24) is 19.9 Å². The van der Waals surface area contributed by atoms with Crippen LogP contribution in [-0.4, -0.2) is 52.1 Å². The number of ether oxygens (including phenoxy) is 1. The Morgan fingerprint density at radius 2 is 1.79 bits per heavy atom. The maximum atomic E-state index is 15.0. The van der Waals surface area contributed by atoms with E-state index in [4.69, 9.17) is 10.5 Å². The molecule has 0 aliphatic carbocycles. The number of hydrogen-bond acceptors (Lipinski definition) is 5. The predicted molar refractivity (Wildman–Crippen MR) is 131 cm³/mol. The number of pyridine rings is 1. The minimum Gasteiger partial charge on any atom is -0.398 e. The SMILES string of the molecule is Nc1cc(S(F)(F)(F)(F)F)ccc1C(=O)N1CCC(c2c(F)cnc3nc([C@@H]4CCCOCC4)[nH]c23)CC1. The van der Waals surface area contributed by atoms with Crippen molar-refractivity contribution in [2.75, 3.05) is 32.0 Å². The van der Waals surface area contributed by atoms with E-state index in [0.29, 0.717) is 48.8 Å². The Labute approximate surface area is 214 Å². The van der Waals surface area contributed by atoms with Gasteiger partial charge in [0.25, 0.3) is 5.91 Å². The Morgan fingerprint density at radius 1 is 1.05 bits per heavy atom. The largest absolute Gasteiger partial charge is 0.398 e. The first-order valence-corrected chi connectivity index (χ1v) is 14.2. The summed E-state index contributed by atoms with van der Waals surface area (Å²) in [6.45, 7) is 1.67. The number of halogens is 6. The zero-order valence-electron chi connectivity index (χ0n) is 20.2. The summed E-state index contributed by atoms with van der Waals surface area (Å²) in [5.74, 6) is -0.531. The summed E-state index contributed by atoms with van der Waals surface area (Å²) in [5, 5.41) is 0. The van der Waals surface area contributed by atoms with Crippen molar-refractivity contribution >= 4 is 33.0 Å². The molecule has 1 amide bonds.